The first-order valence-electron chi connectivity index (χ1n) is 11.7. The third-order valence-corrected chi connectivity index (χ3v) is 6.48. The predicted octanol–water partition coefficient (Wildman–Crippen LogP) is 4.67. The third kappa shape index (κ3) is 5.87. The maximum atomic E-state index is 15.0. The average molecular weight is 477 g/mol. The summed E-state index contributed by atoms with van der Waals surface area (Å²) in [5.74, 6) is -0.718. The normalized spacial score (nSPS) is 15.3. The molecule has 0 aliphatic carbocycles. The number of rotatable bonds is 7. The van der Waals surface area contributed by atoms with Crippen molar-refractivity contribution in [3.05, 3.63) is 89.7 Å². The number of hydrogen-bond acceptors (Lipinski definition) is 4. The molecule has 3 aromatic rings. The number of amides is 2. The van der Waals surface area contributed by atoms with Gasteiger partial charge in [0.15, 0.2) is 0 Å². The van der Waals surface area contributed by atoms with E-state index in [0.717, 1.165) is 25.1 Å². The second-order valence-electron chi connectivity index (χ2n) is 9.14. The molecule has 1 atom stereocenters. The highest BCUT2D eigenvalue weighted by Crippen LogP contribution is 2.29. The molecule has 7 heteroatoms. The second kappa shape index (κ2) is 10.7. The lowest BCUT2D eigenvalue weighted by atomic mass is 10.1. The van der Waals surface area contributed by atoms with Gasteiger partial charge in [-0.3, -0.25) is 9.59 Å². The second-order valence-corrected chi connectivity index (χ2v) is 9.14. The largest absolute Gasteiger partial charge is 0.368 e. The summed E-state index contributed by atoms with van der Waals surface area (Å²) in [5.41, 5.74) is 3.04. The molecule has 4 rings (SSSR count). The highest BCUT2D eigenvalue weighted by molar-refractivity contribution is 6.06. The molecule has 1 aliphatic rings. The molecule has 2 amide bonds. The number of nitrogens with one attached hydrogen (secondary N) is 1. The molecule has 1 aliphatic heterocycles. The quantitative estimate of drug-likeness (QED) is 0.539. The molecule has 1 fully saturated rings. The fourth-order valence-corrected chi connectivity index (χ4v) is 4.34. The van der Waals surface area contributed by atoms with Gasteiger partial charge in [-0.2, -0.15) is 0 Å². The lowest BCUT2D eigenvalue weighted by molar-refractivity contribution is -0.115. The van der Waals surface area contributed by atoms with E-state index in [9.17, 15) is 14.0 Å². The lowest BCUT2D eigenvalue weighted by Crippen LogP contribution is -2.31. The van der Waals surface area contributed by atoms with Crippen LogP contribution in [-0.4, -0.2) is 57.0 Å². The fraction of sp³-hybridized carbons (Fsp3) is 0.286. The summed E-state index contributed by atoms with van der Waals surface area (Å²) in [6.45, 7) is 1.59. The Morgan fingerprint density at radius 1 is 1.03 bits per heavy atom. The van der Waals surface area contributed by atoms with Gasteiger partial charge < -0.3 is 20.0 Å². The van der Waals surface area contributed by atoms with Crippen molar-refractivity contribution in [2.45, 2.75) is 18.9 Å². The number of carbonyl (C=O) groups excluding carboxylic acids is 2. The minimum absolute atomic E-state index is 0. The van der Waals surface area contributed by atoms with E-state index in [4.69, 9.17) is 0 Å². The molecule has 0 radical (unpaired) electrons. The zero-order valence-electron chi connectivity index (χ0n) is 20.4. The number of benzene rings is 3. The van der Waals surface area contributed by atoms with Crippen LogP contribution in [0.3, 0.4) is 0 Å². The molecule has 1 N–H and O–H groups in total. The van der Waals surface area contributed by atoms with Crippen LogP contribution in [0.5, 0.6) is 0 Å². The molecule has 6 nitrogen and oxygen atoms in total. The first-order chi connectivity index (χ1) is 16.8. The average Bonchev–Trinajstić information content (AvgIpc) is 3.34. The Morgan fingerprint density at radius 2 is 1.74 bits per heavy atom. The predicted molar refractivity (Wildman–Crippen MR) is 141 cm³/mol. The van der Waals surface area contributed by atoms with Crippen LogP contribution < -0.4 is 15.1 Å². The number of hydrogen-bond donors (Lipinski definition) is 1. The van der Waals surface area contributed by atoms with E-state index in [1.54, 1.807) is 43.4 Å². The smallest absolute Gasteiger partial charge is 0.258 e. The number of likely N-dealkylation sites (N-methyl/N-ethyl adjacent to an activating group) is 1. The first-order valence-corrected chi connectivity index (χ1v) is 11.7. The van der Waals surface area contributed by atoms with Gasteiger partial charge in [0, 0.05) is 44.5 Å². The van der Waals surface area contributed by atoms with Crippen molar-refractivity contribution in [1.82, 2.24) is 4.90 Å². The number of anilines is 3. The van der Waals surface area contributed by atoms with Crippen molar-refractivity contribution in [3.8, 4) is 0 Å². The standard InChI is InChI=1S/C28H31FN4O2.H2/c1-31(2)24-15-16-33(19-24)26-14-13-23(18-25(26)29)32(3)28(35)21-9-11-22(12-10-21)30-27(34)17-20-7-5-4-6-8-20;/h4-14,18,24H,15-17,19H2,1-3H3,(H,30,34);1H. The topological polar surface area (TPSA) is 55.9 Å². The summed E-state index contributed by atoms with van der Waals surface area (Å²) in [6.07, 6.45) is 1.27. The number of nitrogens with zero attached hydrogens (tertiary/aromatic N) is 3. The SMILES string of the molecule is CN(C(=O)c1ccc(NC(=O)Cc2ccccc2)cc1)c1ccc(N2CCC(N(C)C)C2)c(F)c1.[HH]. The molecule has 3 aromatic carbocycles. The molecule has 0 bridgehead atoms. The first kappa shape index (κ1) is 24.4. The van der Waals surface area contributed by atoms with Crippen molar-refractivity contribution in [3.63, 3.8) is 0 Å². The van der Waals surface area contributed by atoms with Gasteiger partial charge in [0.25, 0.3) is 5.91 Å². The molecule has 0 aromatic heterocycles. The summed E-state index contributed by atoms with van der Waals surface area (Å²) < 4.78 is 15.0. The van der Waals surface area contributed by atoms with Crippen LogP contribution in [0.1, 0.15) is 23.8 Å². The molecule has 0 saturated carbocycles. The molecule has 184 valence electrons. The van der Waals surface area contributed by atoms with E-state index in [1.165, 1.54) is 11.0 Å². The number of halogens is 1. The van der Waals surface area contributed by atoms with E-state index < -0.39 is 0 Å². The highest BCUT2D eigenvalue weighted by atomic mass is 19.1. The molecular formula is C28H33FN4O2. The van der Waals surface area contributed by atoms with Crippen molar-refractivity contribution in [2.24, 2.45) is 0 Å². The minimum Gasteiger partial charge on any atom is -0.368 e. The maximum Gasteiger partial charge on any atom is 0.258 e. The lowest BCUT2D eigenvalue weighted by Gasteiger charge is -2.24. The van der Waals surface area contributed by atoms with Gasteiger partial charge in [0.1, 0.15) is 5.82 Å². The summed E-state index contributed by atoms with van der Waals surface area (Å²) in [6, 6.07) is 21.6. The zero-order chi connectivity index (χ0) is 24.9. The van der Waals surface area contributed by atoms with E-state index in [2.05, 4.69) is 15.1 Å². The molecular weight excluding hydrogens is 443 g/mol. The van der Waals surface area contributed by atoms with E-state index >= 15 is 0 Å². The Balaban J connectivity index is 0.00000361. The van der Waals surface area contributed by atoms with Crippen molar-refractivity contribution in [1.29, 1.82) is 0 Å². The van der Waals surface area contributed by atoms with E-state index in [-0.39, 0.29) is 25.5 Å². The van der Waals surface area contributed by atoms with Gasteiger partial charge in [-0.05, 0) is 68.5 Å². The Labute approximate surface area is 207 Å². The summed E-state index contributed by atoms with van der Waals surface area (Å²) in [5, 5.41) is 2.85. The third-order valence-electron chi connectivity index (χ3n) is 6.48. The zero-order valence-corrected chi connectivity index (χ0v) is 20.4. The van der Waals surface area contributed by atoms with Gasteiger partial charge in [0.05, 0.1) is 12.1 Å². The molecule has 1 unspecified atom stereocenters. The Morgan fingerprint density at radius 3 is 2.37 bits per heavy atom. The van der Waals surface area contributed by atoms with Crippen LogP contribution in [0.2, 0.25) is 0 Å². The van der Waals surface area contributed by atoms with Gasteiger partial charge in [-0.1, -0.05) is 30.3 Å². The Bertz CT molecular complexity index is 1190. The van der Waals surface area contributed by atoms with Gasteiger partial charge >= 0.3 is 0 Å². The summed E-state index contributed by atoms with van der Waals surface area (Å²) >= 11 is 0. The minimum atomic E-state index is -0.335. The Hall–Kier alpha value is -3.71. The van der Waals surface area contributed by atoms with Crippen LogP contribution in [0.25, 0.3) is 0 Å². The van der Waals surface area contributed by atoms with E-state index in [0.29, 0.717) is 28.7 Å². The number of carbonyl (C=O) groups is 2. The maximum absolute atomic E-state index is 15.0. The van der Waals surface area contributed by atoms with Crippen LogP contribution in [0.4, 0.5) is 21.5 Å². The van der Waals surface area contributed by atoms with Crippen molar-refractivity contribution < 1.29 is 15.4 Å². The molecule has 1 saturated heterocycles. The summed E-state index contributed by atoms with van der Waals surface area (Å²) in [4.78, 5) is 30.9. The van der Waals surface area contributed by atoms with Crippen LogP contribution in [0, 0.1) is 5.82 Å². The summed E-state index contributed by atoms with van der Waals surface area (Å²) in [7, 11) is 5.71. The van der Waals surface area contributed by atoms with Crippen molar-refractivity contribution >= 4 is 28.9 Å². The van der Waals surface area contributed by atoms with Crippen LogP contribution >= 0.6 is 0 Å². The van der Waals surface area contributed by atoms with Gasteiger partial charge in [-0.25, -0.2) is 4.39 Å². The van der Waals surface area contributed by atoms with Gasteiger partial charge in [0.2, 0.25) is 5.91 Å². The van der Waals surface area contributed by atoms with Crippen molar-refractivity contribution in [2.75, 3.05) is 49.3 Å². The Kier molecular flexibility index (Phi) is 7.46. The van der Waals surface area contributed by atoms with Crippen LogP contribution in [0.15, 0.2) is 72.8 Å². The molecule has 35 heavy (non-hydrogen) atoms. The van der Waals surface area contributed by atoms with Gasteiger partial charge in [-0.15, -0.1) is 0 Å². The highest BCUT2D eigenvalue weighted by Gasteiger charge is 2.26. The fourth-order valence-electron chi connectivity index (χ4n) is 4.34. The monoisotopic (exact) mass is 476 g/mol. The molecule has 0 spiro atoms. The van der Waals surface area contributed by atoms with Crippen LogP contribution in [-0.2, 0) is 11.2 Å². The van der Waals surface area contributed by atoms with E-state index in [1.807, 2.05) is 44.4 Å². The molecule has 1 heterocycles.